The number of rotatable bonds is 2. The molecule has 3 nitrogen and oxygen atoms in total. The molecule has 0 bridgehead atoms. The Kier molecular flexibility index (Phi) is 4.43. The summed E-state index contributed by atoms with van der Waals surface area (Å²) in [5.74, 6) is -1.23. The molecule has 0 N–H and O–H groups in total. The predicted octanol–water partition coefficient (Wildman–Crippen LogP) is 3.65. The van der Waals surface area contributed by atoms with Crippen LogP contribution in [-0.4, -0.2) is 39.7 Å². The quantitative estimate of drug-likeness (QED) is 0.306. The van der Waals surface area contributed by atoms with Gasteiger partial charge in [-0.1, -0.05) is 59.0 Å². The zero-order valence-corrected chi connectivity index (χ0v) is 14.3. The Labute approximate surface area is 145 Å². The van der Waals surface area contributed by atoms with Gasteiger partial charge in [0.2, 0.25) is 5.54 Å². The Morgan fingerprint density at radius 2 is 2.00 bits per heavy atom. The standard InChI is InChI=1S/C16H15F3INO2/c17-16(18,19)15-8-4-7-12(9-20)21(15)13(10-23-14(15)22)11-5-2-1-3-6-11/h1-6,8,12-13H,7,9-10H2/t12-,13-,15-/m0/s1. The maximum absolute atomic E-state index is 13.9. The largest absolute Gasteiger partial charge is 0.462 e. The summed E-state index contributed by atoms with van der Waals surface area (Å²) in [4.78, 5) is 13.5. The van der Waals surface area contributed by atoms with Gasteiger partial charge in [0, 0.05) is 10.5 Å². The lowest BCUT2D eigenvalue weighted by molar-refractivity contribution is -0.254. The number of esters is 1. The van der Waals surface area contributed by atoms with Crippen molar-refractivity contribution in [2.24, 2.45) is 0 Å². The zero-order chi connectivity index (χ0) is 16.7. The van der Waals surface area contributed by atoms with Crippen LogP contribution < -0.4 is 0 Å². The van der Waals surface area contributed by atoms with E-state index in [9.17, 15) is 18.0 Å². The van der Waals surface area contributed by atoms with Gasteiger partial charge in [-0.3, -0.25) is 4.90 Å². The summed E-state index contributed by atoms with van der Waals surface area (Å²) in [7, 11) is 0. The van der Waals surface area contributed by atoms with Gasteiger partial charge in [-0.25, -0.2) is 4.79 Å². The molecular formula is C16H15F3INO2. The molecule has 23 heavy (non-hydrogen) atoms. The first-order valence-electron chi connectivity index (χ1n) is 7.23. The monoisotopic (exact) mass is 437 g/mol. The number of alkyl halides is 4. The van der Waals surface area contributed by atoms with Gasteiger partial charge in [0.25, 0.3) is 0 Å². The Balaban J connectivity index is 2.16. The highest BCUT2D eigenvalue weighted by Gasteiger charge is 2.68. The molecular weight excluding hydrogens is 422 g/mol. The molecule has 3 atom stereocenters. The van der Waals surface area contributed by atoms with E-state index >= 15 is 0 Å². The van der Waals surface area contributed by atoms with Crippen LogP contribution in [0.5, 0.6) is 0 Å². The van der Waals surface area contributed by atoms with E-state index in [1.165, 1.54) is 11.0 Å². The van der Waals surface area contributed by atoms with Crippen LogP contribution in [0.4, 0.5) is 13.2 Å². The van der Waals surface area contributed by atoms with Gasteiger partial charge in [0.15, 0.2) is 0 Å². The van der Waals surface area contributed by atoms with Crippen LogP contribution in [0.15, 0.2) is 42.5 Å². The molecule has 2 heterocycles. The summed E-state index contributed by atoms with van der Waals surface area (Å²) < 4.78 is 47.2. The molecule has 3 rings (SSSR count). The molecule has 0 aromatic heterocycles. The Bertz CT molecular complexity index is 620. The van der Waals surface area contributed by atoms with E-state index in [-0.39, 0.29) is 12.6 Å². The Morgan fingerprint density at radius 3 is 2.61 bits per heavy atom. The van der Waals surface area contributed by atoms with Gasteiger partial charge in [0.05, 0.1) is 6.04 Å². The second-order valence-electron chi connectivity index (χ2n) is 5.64. The van der Waals surface area contributed by atoms with Crippen molar-refractivity contribution < 1.29 is 22.7 Å². The van der Waals surface area contributed by atoms with Gasteiger partial charge in [-0.05, 0) is 18.1 Å². The second kappa shape index (κ2) is 6.08. The molecule has 2 aliphatic heterocycles. The first-order chi connectivity index (χ1) is 10.9. The predicted molar refractivity (Wildman–Crippen MR) is 87.2 cm³/mol. The number of fused-ring (bicyclic) bond motifs is 1. The molecule has 7 heteroatoms. The smallest absolute Gasteiger partial charge is 0.421 e. The lowest BCUT2D eigenvalue weighted by atomic mass is 9.84. The van der Waals surface area contributed by atoms with Crippen molar-refractivity contribution in [2.45, 2.75) is 30.2 Å². The van der Waals surface area contributed by atoms with E-state index in [2.05, 4.69) is 22.6 Å². The van der Waals surface area contributed by atoms with E-state index in [1.807, 2.05) is 0 Å². The SMILES string of the molecule is O=C1OC[C@@H](c2ccccc2)N2[C@H](CI)CC=C[C@@]12C(F)(F)F. The summed E-state index contributed by atoms with van der Waals surface area (Å²) in [6.07, 6.45) is -1.84. The number of hydrogen-bond donors (Lipinski definition) is 0. The normalized spacial score (nSPS) is 31.6. The van der Waals surface area contributed by atoms with E-state index in [1.54, 1.807) is 30.3 Å². The van der Waals surface area contributed by atoms with E-state index < -0.39 is 23.7 Å². The number of halogens is 4. The van der Waals surface area contributed by atoms with Gasteiger partial charge in [0.1, 0.15) is 6.61 Å². The van der Waals surface area contributed by atoms with Crippen molar-refractivity contribution in [3.63, 3.8) is 0 Å². The van der Waals surface area contributed by atoms with Gasteiger partial charge < -0.3 is 4.74 Å². The fraction of sp³-hybridized carbons (Fsp3) is 0.438. The zero-order valence-electron chi connectivity index (χ0n) is 12.1. The highest BCUT2D eigenvalue weighted by atomic mass is 127. The first-order valence-corrected chi connectivity index (χ1v) is 8.75. The Hall–Kier alpha value is -1.09. The van der Waals surface area contributed by atoms with Crippen molar-refractivity contribution in [1.29, 1.82) is 0 Å². The minimum absolute atomic E-state index is 0.0678. The number of cyclic esters (lactones) is 1. The maximum atomic E-state index is 13.9. The lowest BCUT2D eigenvalue weighted by Gasteiger charge is -2.53. The molecule has 1 aromatic rings. The first kappa shape index (κ1) is 16.8. The maximum Gasteiger partial charge on any atom is 0.421 e. The third-order valence-electron chi connectivity index (χ3n) is 4.38. The van der Waals surface area contributed by atoms with Crippen molar-refractivity contribution >= 4 is 28.6 Å². The molecule has 0 saturated carbocycles. The second-order valence-corrected chi connectivity index (χ2v) is 6.52. The molecule has 0 aliphatic carbocycles. The molecule has 1 aromatic carbocycles. The molecule has 1 fully saturated rings. The topological polar surface area (TPSA) is 29.5 Å². The van der Waals surface area contributed by atoms with Crippen LogP contribution in [0.2, 0.25) is 0 Å². The van der Waals surface area contributed by atoms with Crippen molar-refractivity contribution in [2.75, 3.05) is 11.0 Å². The molecule has 0 radical (unpaired) electrons. The van der Waals surface area contributed by atoms with Crippen LogP contribution in [-0.2, 0) is 9.53 Å². The summed E-state index contributed by atoms with van der Waals surface area (Å²) >= 11 is 2.07. The van der Waals surface area contributed by atoms with Crippen LogP contribution in [0, 0.1) is 0 Å². The summed E-state index contributed by atoms with van der Waals surface area (Å²) in [6.45, 7) is -0.0678. The lowest BCUT2D eigenvalue weighted by Crippen LogP contribution is -2.71. The molecule has 124 valence electrons. The van der Waals surface area contributed by atoms with Gasteiger partial charge >= 0.3 is 12.1 Å². The third-order valence-corrected chi connectivity index (χ3v) is 5.40. The van der Waals surface area contributed by atoms with E-state index in [0.29, 0.717) is 10.8 Å². The number of morpholine rings is 1. The fourth-order valence-electron chi connectivity index (χ4n) is 3.33. The molecule has 2 aliphatic rings. The Morgan fingerprint density at radius 1 is 1.30 bits per heavy atom. The number of nitrogens with zero attached hydrogens (tertiary/aromatic N) is 1. The molecule has 0 unspecified atom stereocenters. The van der Waals surface area contributed by atoms with Crippen LogP contribution in [0.3, 0.4) is 0 Å². The molecule has 0 spiro atoms. The van der Waals surface area contributed by atoms with Gasteiger partial charge in [-0.15, -0.1) is 0 Å². The van der Waals surface area contributed by atoms with Crippen molar-refractivity contribution in [1.82, 2.24) is 4.90 Å². The number of hydrogen-bond acceptors (Lipinski definition) is 3. The average molecular weight is 437 g/mol. The number of ether oxygens (including phenoxy) is 1. The van der Waals surface area contributed by atoms with Gasteiger partial charge in [-0.2, -0.15) is 13.2 Å². The van der Waals surface area contributed by atoms with Crippen molar-refractivity contribution in [3.8, 4) is 0 Å². The summed E-state index contributed by atoms with van der Waals surface area (Å²) in [5.41, 5.74) is -1.97. The number of benzene rings is 1. The van der Waals surface area contributed by atoms with Crippen LogP contribution >= 0.6 is 22.6 Å². The minimum Gasteiger partial charge on any atom is -0.462 e. The fourth-order valence-corrected chi connectivity index (χ4v) is 4.11. The molecule has 1 saturated heterocycles. The minimum atomic E-state index is -4.74. The van der Waals surface area contributed by atoms with Crippen LogP contribution in [0.25, 0.3) is 0 Å². The number of carbonyl (C=O) groups excluding carboxylic acids is 1. The summed E-state index contributed by atoms with van der Waals surface area (Å²) in [5, 5.41) is 0. The molecule has 0 amide bonds. The number of carbonyl (C=O) groups is 1. The van der Waals surface area contributed by atoms with E-state index in [0.717, 1.165) is 11.6 Å². The highest BCUT2D eigenvalue weighted by molar-refractivity contribution is 14.1. The highest BCUT2D eigenvalue weighted by Crippen LogP contribution is 2.48. The third kappa shape index (κ3) is 2.57. The average Bonchev–Trinajstić information content (AvgIpc) is 2.54. The summed E-state index contributed by atoms with van der Waals surface area (Å²) in [6, 6.07) is 7.92. The van der Waals surface area contributed by atoms with Crippen LogP contribution in [0.1, 0.15) is 18.0 Å². The van der Waals surface area contributed by atoms with E-state index in [4.69, 9.17) is 4.74 Å². The van der Waals surface area contributed by atoms with Crippen molar-refractivity contribution in [3.05, 3.63) is 48.0 Å².